The van der Waals surface area contributed by atoms with Crippen LogP contribution in [0, 0.1) is 0 Å². The third-order valence-corrected chi connectivity index (χ3v) is 6.31. The number of sulfonamides is 1. The average molecular weight is 376 g/mol. The van der Waals surface area contributed by atoms with Crippen molar-refractivity contribution in [3.63, 3.8) is 0 Å². The van der Waals surface area contributed by atoms with E-state index in [1.807, 2.05) is 13.0 Å². The molecule has 0 bridgehead atoms. The SMILES string of the molecule is CCn1cc(C(=O)Nc2ccccc2)c(S(=O)(=O)N2CCCCCC2)n1. The predicted molar refractivity (Wildman–Crippen MR) is 99.5 cm³/mol. The van der Waals surface area contributed by atoms with Gasteiger partial charge in [0.25, 0.3) is 15.9 Å². The van der Waals surface area contributed by atoms with Crippen molar-refractivity contribution in [2.75, 3.05) is 18.4 Å². The van der Waals surface area contributed by atoms with E-state index in [9.17, 15) is 13.2 Å². The Morgan fingerprint density at radius 1 is 1.12 bits per heavy atom. The Balaban J connectivity index is 1.93. The molecule has 0 atom stereocenters. The number of rotatable bonds is 5. The summed E-state index contributed by atoms with van der Waals surface area (Å²) in [7, 11) is -3.80. The highest BCUT2D eigenvalue weighted by atomic mass is 32.2. The minimum Gasteiger partial charge on any atom is -0.322 e. The van der Waals surface area contributed by atoms with Crippen LogP contribution in [0.1, 0.15) is 43.0 Å². The molecule has 1 fully saturated rings. The molecular weight excluding hydrogens is 352 g/mol. The van der Waals surface area contributed by atoms with E-state index in [0.29, 0.717) is 25.3 Å². The second-order valence-electron chi connectivity index (χ2n) is 6.34. The first-order chi connectivity index (χ1) is 12.5. The number of aromatic nitrogens is 2. The Kier molecular flexibility index (Phi) is 5.73. The number of nitrogens with one attached hydrogen (secondary N) is 1. The first-order valence-electron chi connectivity index (χ1n) is 8.96. The first kappa shape index (κ1) is 18.6. The van der Waals surface area contributed by atoms with Crippen molar-refractivity contribution in [1.29, 1.82) is 0 Å². The minimum atomic E-state index is -3.80. The molecule has 0 radical (unpaired) electrons. The number of hydrogen-bond donors (Lipinski definition) is 1. The molecule has 7 nitrogen and oxygen atoms in total. The molecule has 1 amide bonds. The number of aryl methyl sites for hydroxylation is 1. The Hall–Kier alpha value is -2.19. The van der Waals surface area contributed by atoms with Gasteiger partial charge in [0.1, 0.15) is 0 Å². The highest BCUT2D eigenvalue weighted by Crippen LogP contribution is 2.23. The smallest absolute Gasteiger partial charge is 0.263 e. The number of benzene rings is 1. The Labute approximate surface area is 154 Å². The Bertz CT molecular complexity index is 854. The molecule has 2 aromatic rings. The van der Waals surface area contributed by atoms with Gasteiger partial charge in [-0.1, -0.05) is 31.0 Å². The van der Waals surface area contributed by atoms with Crippen molar-refractivity contribution in [2.24, 2.45) is 0 Å². The molecule has 140 valence electrons. The quantitative estimate of drug-likeness (QED) is 0.869. The molecule has 3 rings (SSSR count). The van der Waals surface area contributed by atoms with Gasteiger partial charge in [0.05, 0.1) is 5.56 Å². The number of nitrogens with zero attached hydrogens (tertiary/aromatic N) is 3. The molecule has 0 spiro atoms. The fourth-order valence-corrected chi connectivity index (χ4v) is 4.65. The fourth-order valence-electron chi connectivity index (χ4n) is 3.04. The third kappa shape index (κ3) is 3.96. The van der Waals surface area contributed by atoms with Gasteiger partial charge in [0.15, 0.2) is 0 Å². The summed E-state index contributed by atoms with van der Waals surface area (Å²) in [4.78, 5) is 12.7. The standard InChI is InChI=1S/C18H24N4O3S/c1-2-21-14-16(17(23)19-15-10-6-5-7-11-15)18(20-21)26(24,25)22-12-8-3-4-9-13-22/h5-7,10-11,14H,2-4,8-9,12-13H2,1H3,(H,19,23). The van der Waals surface area contributed by atoms with E-state index in [1.54, 1.807) is 24.3 Å². The summed E-state index contributed by atoms with van der Waals surface area (Å²) < 4.78 is 29.2. The lowest BCUT2D eigenvalue weighted by Gasteiger charge is -2.19. The number of anilines is 1. The lowest BCUT2D eigenvalue weighted by Crippen LogP contribution is -2.33. The summed E-state index contributed by atoms with van der Waals surface area (Å²) in [6.45, 7) is 3.29. The van der Waals surface area contributed by atoms with Gasteiger partial charge >= 0.3 is 0 Å². The van der Waals surface area contributed by atoms with E-state index >= 15 is 0 Å². The second-order valence-corrected chi connectivity index (χ2v) is 8.20. The monoisotopic (exact) mass is 376 g/mol. The normalized spacial score (nSPS) is 16.2. The molecule has 26 heavy (non-hydrogen) atoms. The maximum absolute atomic E-state index is 13.1. The van der Waals surface area contributed by atoms with Gasteiger partial charge in [-0.3, -0.25) is 9.48 Å². The molecular formula is C18H24N4O3S. The van der Waals surface area contributed by atoms with Crippen LogP contribution in [-0.2, 0) is 16.6 Å². The molecule has 8 heteroatoms. The number of amides is 1. The number of carbonyl (C=O) groups is 1. The molecule has 0 saturated carbocycles. The lowest BCUT2D eigenvalue weighted by molar-refractivity contribution is 0.102. The summed E-state index contributed by atoms with van der Waals surface area (Å²) in [5.74, 6) is -0.468. The van der Waals surface area contributed by atoms with Crippen molar-refractivity contribution >= 4 is 21.6 Å². The molecule has 0 aliphatic carbocycles. The Morgan fingerprint density at radius 2 is 1.77 bits per heavy atom. The zero-order valence-corrected chi connectivity index (χ0v) is 15.7. The number of hydrogen-bond acceptors (Lipinski definition) is 4. The van der Waals surface area contributed by atoms with Gasteiger partial charge in [-0.15, -0.1) is 0 Å². The summed E-state index contributed by atoms with van der Waals surface area (Å²) in [6, 6.07) is 8.97. The van der Waals surface area contributed by atoms with Crippen molar-refractivity contribution in [2.45, 2.75) is 44.2 Å². The highest BCUT2D eigenvalue weighted by molar-refractivity contribution is 7.89. The fraction of sp³-hybridized carbons (Fsp3) is 0.444. The zero-order chi connectivity index (χ0) is 18.6. The van der Waals surface area contributed by atoms with E-state index in [2.05, 4.69) is 10.4 Å². The molecule has 1 aliphatic rings. The van der Waals surface area contributed by atoms with Crippen molar-refractivity contribution in [3.05, 3.63) is 42.1 Å². The summed E-state index contributed by atoms with van der Waals surface area (Å²) in [5, 5.41) is 6.79. The summed E-state index contributed by atoms with van der Waals surface area (Å²) in [5.41, 5.74) is 0.694. The number of carbonyl (C=O) groups excluding carboxylic acids is 1. The number of para-hydroxylation sites is 1. The summed E-state index contributed by atoms with van der Waals surface area (Å²) >= 11 is 0. The maximum Gasteiger partial charge on any atom is 0.263 e. The van der Waals surface area contributed by atoms with Crippen LogP contribution < -0.4 is 5.32 Å². The molecule has 1 aliphatic heterocycles. The van der Waals surface area contributed by atoms with Crippen LogP contribution in [0.5, 0.6) is 0 Å². The first-order valence-corrected chi connectivity index (χ1v) is 10.4. The van der Waals surface area contributed by atoms with Crippen molar-refractivity contribution < 1.29 is 13.2 Å². The maximum atomic E-state index is 13.1. The van der Waals surface area contributed by atoms with Crippen molar-refractivity contribution in [1.82, 2.24) is 14.1 Å². The van der Waals surface area contributed by atoms with Gasteiger partial charge < -0.3 is 5.32 Å². The molecule has 1 aromatic heterocycles. The largest absolute Gasteiger partial charge is 0.322 e. The molecule has 0 unspecified atom stereocenters. The molecule has 2 heterocycles. The van der Waals surface area contributed by atoms with Gasteiger partial charge in [-0.25, -0.2) is 8.42 Å². The second kappa shape index (κ2) is 8.01. The van der Waals surface area contributed by atoms with Crippen LogP contribution in [0.25, 0.3) is 0 Å². The topological polar surface area (TPSA) is 84.3 Å². The predicted octanol–water partition coefficient (Wildman–Crippen LogP) is 2.72. The zero-order valence-electron chi connectivity index (χ0n) is 14.9. The average Bonchev–Trinajstić information content (AvgIpc) is 2.90. The Morgan fingerprint density at radius 3 is 2.38 bits per heavy atom. The van der Waals surface area contributed by atoms with Gasteiger partial charge in [0.2, 0.25) is 5.03 Å². The van der Waals surface area contributed by atoms with Crippen LogP contribution in [0.4, 0.5) is 5.69 Å². The van der Waals surface area contributed by atoms with Crippen LogP contribution in [-0.4, -0.2) is 41.5 Å². The van der Waals surface area contributed by atoms with Gasteiger partial charge in [-0.2, -0.15) is 9.40 Å². The minimum absolute atomic E-state index is 0.0833. The van der Waals surface area contributed by atoms with E-state index in [1.165, 1.54) is 15.2 Å². The van der Waals surface area contributed by atoms with Gasteiger partial charge in [0, 0.05) is 31.5 Å². The lowest BCUT2D eigenvalue weighted by atomic mass is 10.2. The molecule has 1 saturated heterocycles. The van der Waals surface area contributed by atoms with Crippen molar-refractivity contribution in [3.8, 4) is 0 Å². The van der Waals surface area contributed by atoms with E-state index in [0.717, 1.165) is 25.7 Å². The summed E-state index contributed by atoms with van der Waals surface area (Å²) in [6.07, 6.45) is 5.22. The highest BCUT2D eigenvalue weighted by Gasteiger charge is 2.32. The van der Waals surface area contributed by atoms with E-state index in [-0.39, 0.29) is 10.6 Å². The van der Waals surface area contributed by atoms with Crippen LogP contribution in [0.3, 0.4) is 0 Å². The van der Waals surface area contributed by atoms with Crippen LogP contribution in [0.2, 0.25) is 0 Å². The van der Waals surface area contributed by atoms with Crippen LogP contribution >= 0.6 is 0 Å². The van der Waals surface area contributed by atoms with E-state index in [4.69, 9.17) is 0 Å². The van der Waals surface area contributed by atoms with Crippen LogP contribution in [0.15, 0.2) is 41.6 Å². The van der Waals surface area contributed by atoms with Gasteiger partial charge in [-0.05, 0) is 31.9 Å². The molecule has 1 aromatic carbocycles. The molecule has 1 N–H and O–H groups in total. The van der Waals surface area contributed by atoms with E-state index < -0.39 is 15.9 Å². The third-order valence-electron chi connectivity index (χ3n) is 4.48.